The minimum atomic E-state index is 0.871. The van der Waals surface area contributed by atoms with Crippen molar-refractivity contribution < 1.29 is 9.94 Å². The smallest absolute Gasteiger partial charge is 0.118 e. The van der Waals surface area contributed by atoms with E-state index in [0.717, 1.165) is 50.0 Å². The zero-order valence-corrected chi connectivity index (χ0v) is 12.4. The van der Waals surface area contributed by atoms with Gasteiger partial charge in [-0.15, -0.1) is 0 Å². The van der Waals surface area contributed by atoms with Gasteiger partial charge in [0.1, 0.15) is 5.75 Å². The van der Waals surface area contributed by atoms with E-state index in [4.69, 9.17) is 4.74 Å². The van der Waals surface area contributed by atoms with Crippen LogP contribution in [0.25, 0.3) is 5.57 Å². The first-order chi connectivity index (χ1) is 9.80. The summed E-state index contributed by atoms with van der Waals surface area (Å²) < 4.78 is 5.21. The molecule has 0 aliphatic heterocycles. The summed E-state index contributed by atoms with van der Waals surface area (Å²) in [7, 11) is 1.68. The van der Waals surface area contributed by atoms with Crippen molar-refractivity contribution >= 4 is 11.3 Å². The number of hydrogen-bond acceptors (Lipinski definition) is 3. The van der Waals surface area contributed by atoms with Gasteiger partial charge in [-0.25, -0.2) is 0 Å². The van der Waals surface area contributed by atoms with E-state index in [1.54, 1.807) is 7.11 Å². The van der Waals surface area contributed by atoms with E-state index in [2.05, 4.69) is 24.2 Å². The molecule has 2 rings (SSSR count). The number of rotatable bonds is 5. The van der Waals surface area contributed by atoms with Crippen molar-refractivity contribution in [2.24, 2.45) is 5.16 Å². The quantitative estimate of drug-likeness (QED) is 0.626. The number of methoxy groups -OCH3 is 1. The molecule has 20 heavy (non-hydrogen) atoms. The molecule has 3 heteroatoms. The van der Waals surface area contributed by atoms with E-state index in [9.17, 15) is 5.21 Å². The predicted octanol–water partition coefficient (Wildman–Crippen LogP) is 4.65. The summed E-state index contributed by atoms with van der Waals surface area (Å²) in [5.41, 5.74) is 4.67. The molecule has 0 unspecified atom stereocenters. The Labute approximate surface area is 121 Å². The summed E-state index contributed by atoms with van der Waals surface area (Å²) >= 11 is 0. The van der Waals surface area contributed by atoms with E-state index >= 15 is 0 Å². The van der Waals surface area contributed by atoms with Crippen molar-refractivity contribution in [2.45, 2.75) is 45.4 Å². The van der Waals surface area contributed by atoms with Crippen molar-refractivity contribution in [3.8, 4) is 5.75 Å². The summed E-state index contributed by atoms with van der Waals surface area (Å²) in [6.45, 7) is 2.19. The molecular formula is C17H23NO2. The van der Waals surface area contributed by atoms with Gasteiger partial charge in [0.05, 0.1) is 12.8 Å². The zero-order valence-electron chi connectivity index (χ0n) is 12.4. The Balaban J connectivity index is 2.37. The summed E-state index contributed by atoms with van der Waals surface area (Å²) in [5, 5.41) is 12.8. The average Bonchev–Trinajstić information content (AvgIpc) is 2.52. The number of ether oxygens (including phenoxy) is 1. The molecule has 0 bridgehead atoms. The number of oxime groups is 1. The van der Waals surface area contributed by atoms with E-state index in [0.29, 0.717) is 0 Å². The third-order valence-corrected chi connectivity index (χ3v) is 3.89. The van der Waals surface area contributed by atoms with Crippen LogP contribution in [0.5, 0.6) is 5.75 Å². The van der Waals surface area contributed by atoms with Crippen molar-refractivity contribution in [3.05, 3.63) is 35.4 Å². The van der Waals surface area contributed by atoms with E-state index in [1.165, 1.54) is 16.7 Å². The topological polar surface area (TPSA) is 41.8 Å². The summed E-state index contributed by atoms with van der Waals surface area (Å²) in [5.74, 6) is 0.872. The molecule has 0 saturated heterocycles. The molecule has 3 nitrogen and oxygen atoms in total. The van der Waals surface area contributed by atoms with Crippen LogP contribution >= 0.6 is 0 Å². The second-order valence-corrected chi connectivity index (χ2v) is 5.19. The molecule has 0 spiro atoms. The minimum Gasteiger partial charge on any atom is -0.497 e. The molecule has 0 heterocycles. The Morgan fingerprint density at radius 1 is 1.20 bits per heavy atom. The van der Waals surface area contributed by atoms with Gasteiger partial charge in [0.25, 0.3) is 0 Å². The maximum absolute atomic E-state index is 9.24. The molecule has 0 radical (unpaired) electrons. The standard InChI is InChI=1S/C17H23NO2/c1-3-4-6-16-15(7-5-8-17(16)18-19)13-9-11-14(20-2)12-10-13/h9-12,19H,3-8H2,1-2H3/b18-17+. The van der Waals surface area contributed by atoms with Gasteiger partial charge in [-0.1, -0.05) is 30.6 Å². The Kier molecular flexibility index (Phi) is 5.22. The van der Waals surface area contributed by atoms with Crippen molar-refractivity contribution in [2.75, 3.05) is 7.11 Å². The molecule has 1 aromatic carbocycles. The number of hydrogen-bond donors (Lipinski definition) is 1. The van der Waals surface area contributed by atoms with Gasteiger partial charge in [0.15, 0.2) is 0 Å². The van der Waals surface area contributed by atoms with Crippen LogP contribution in [0.15, 0.2) is 35.0 Å². The molecular weight excluding hydrogens is 250 g/mol. The first-order valence-corrected chi connectivity index (χ1v) is 7.38. The maximum Gasteiger partial charge on any atom is 0.118 e. The molecule has 1 aliphatic carbocycles. The lowest BCUT2D eigenvalue weighted by molar-refractivity contribution is 0.317. The van der Waals surface area contributed by atoms with Crippen LogP contribution in [0.2, 0.25) is 0 Å². The van der Waals surface area contributed by atoms with Crippen LogP contribution in [-0.2, 0) is 0 Å². The third-order valence-electron chi connectivity index (χ3n) is 3.89. The average molecular weight is 273 g/mol. The molecule has 0 aromatic heterocycles. The van der Waals surface area contributed by atoms with Crippen molar-refractivity contribution in [3.63, 3.8) is 0 Å². The lowest BCUT2D eigenvalue weighted by Crippen LogP contribution is -2.12. The molecule has 1 aliphatic rings. The SMILES string of the molecule is CCCCC1=C(c2ccc(OC)cc2)CCC/C1=N\O. The van der Waals surface area contributed by atoms with Crippen molar-refractivity contribution in [1.29, 1.82) is 0 Å². The van der Waals surface area contributed by atoms with Gasteiger partial charge < -0.3 is 9.94 Å². The highest BCUT2D eigenvalue weighted by Gasteiger charge is 2.20. The van der Waals surface area contributed by atoms with Crippen LogP contribution < -0.4 is 4.74 Å². The van der Waals surface area contributed by atoms with Gasteiger partial charge in [-0.3, -0.25) is 0 Å². The third kappa shape index (κ3) is 3.21. The monoisotopic (exact) mass is 273 g/mol. The van der Waals surface area contributed by atoms with E-state index < -0.39 is 0 Å². The van der Waals surface area contributed by atoms with Crippen LogP contribution in [0.1, 0.15) is 51.0 Å². The lowest BCUT2D eigenvalue weighted by atomic mass is 9.84. The fraction of sp³-hybridized carbons (Fsp3) is 0.471. The normalized spacial score (nSPS) is 17.6. The lowest BCUT2D eigenvalue weighted by Gasteiger charge is -2.22. The Hall–Kier alpha value is -1.77. The van der Waals surface area contributed by atoms with Crippen LogP contribution in [0.4, 0.5) is 0 Å². The van der Waals surface area contributed by atoms with Crippen LogP contribution in [-0.4, -0.2) is 18.0 Å². The van der Waals surface area contributed by atoms with Gasteiger partial charge in [-0.2, -0.15) is 0 Å². The van der Waals surface area contributed by atoms with Crippen LogP contribution in [0, 0.1) is 0 Å². The van der Waals surface area contributed by atoms with E-state index in [-0.39, 0.29) is 0 Å². The molecule has 108 valence electrons. The number of benzene rings is 1. The highest BCUT2D eigenvalue weighted by atomic mass is 16.5. The molecule has 1 N–H and O–H groups in total. The van der Waals surface area contributed by atoms with Gasteiger partial charge in [0.2, 0.25) is 0 Å². The Morgan fingerprint density at radius 2 is 1.95 bits per heavy atom. The Bertz CT molecular complexity index is 500. The number of unbranched alkanes of at least 4 members (excludes halogenated alkanes) is 1. The van der Waals surface area contributed by atoms with Crippen molar-refractivity contribution in [1.82, 2.24) is 0 Å². The molecule has 1 aromatic rings. The van der Waals surface area contributed by atoms with E-state index in [1.807, 2.05) is 12.1 Å². The highest BCUT2D eigenvalue weighted by Crippen LogP contribution is 2.34. The zero-order chi connectivity index (χ0) is 14.4. The highest BCUT2D eigenvalue weighted by molar-refractivity contribution is 6.07. The van der Waals surface area contributed by atoms with Crippen LogP contribution in [0.3, 0.4) is 0 Å². The first-order valence-electron chi connectivity index (χ1n) is 7.38. The summed E-state index contributed by atoms with van der Waals surface area (Å²) in [4.78, 5) is 0. The molecule has 0 saturated carbocycles. The second kappa shape index (κ2) is 7.13. The van der Waals surface area contributed by atoms with Gasteiger partial charge >= 0.3 is 0 Å². The number of nitrogens with zero attached hydrogens (tertiary/aromatic N) is 1. The predicted molar refractivity (Wildman–Crippen MR) is 82.5 cm³/mol. The van der Waals surface area contributed by atoms with Gasteiger partial charge in [0, 0.05) is 0 Å². The largest absolute Gasteiger partial charge is 0.497 e. The number of allylic oxidation sites excluding steroid dienone is 2. The maximum atomic E-state index is 9.24. The molecule has 0 amide bonds. The second-order valence-electron chi connectivity index (χ2n) is 5.19. The fourth-order valence-electron chi connectivity index (χ4n) is 2.78. The minimum absolute atomic E-state index is 0.871. The van der Waals surface area contributed by atoms with Gasteiger partial charge in [-0.05, 0) is 60.9 Å². The summed E-state index contributed by atoms with van der Waals surface area (Å²) in [6.07, 6.45) is 6.28. The Morgan fingerprint density at radius 3 is 2.55 bits per heavy atom. The summed E-state index contributed by atoms with van der Waals surface area (Å²) in [6, 6.07) is 8.18. The molecule has 0 atom stereocenters. The first kappa shape index (κ1) is 14.6. The fourth-order valence-corrected chi connectivity index (χ4v) is 2.78. The molecule has 0 fully saturated rings.